The van der Waals surface area contributed by atoms with Crippen LogP contribution in [0.2, 0.25) is 5.15 Å². The topological polar surface area (TPSA) is 81.9 Å². The van der Waals surface area contributed by atoms with Crippen molar-refractivity contribution in [1.29, 1.82) is 0 Å². The Hall–Kier alpha value is -2.03. The Bertz CT molecular complexity index is 1060. The van der Waals surface area contributed by atoms with Crippen LogP contribution >= 0.6 is 27.5 Å². The van der Waals surface area contributed by atoms with Crippen LogP contribution in [0, 0.1) is 6.92 Å². The molecule has 0 amide bonds. The summed E-state index contributed by atoms with van der Waals surface area (Å²) >= 11 is 9.10. The molecular weight excluding hydrogens is 430 g/mol. The summed E-state index contributed by atoms with van der Waals surface area (Å²) in [5, 5.41) is 0.00487. The van der Waals surface area contributed by atoms with E-state index in [0.717, 1.165) is 9.54 Å². The van der Waals surface area contributed by atoms with Crippen LogP contribution in [0.1, 0.15) is 21.5 Å². The maximum absolute atomic E-state index is 12.8. The van der Waals surface area contributed by atoms with Crippen LogP contribution in [0.5, 0.6) is 0 Å². The number of halogens is 2. The van der Waals surface area contributed by atoms with Gasteiger partial charge in [0.25, 0.3) is 10.0 Å². The molecule has 0 saturated heterocycles. The number of hydrogen-bond donors (Lipinski definition) is 0. The Labute approximate surface area is 157 Å². The van der Waals surface area contributed by atoms with Gasteiger partial charge < -0.3 is 0 Å². The number of nitrogens with zero attached hydrogens (tertiary/aromatic N) is 3. The third kappa shape index (κ3) is 3.37. The zero-order valence-corrected chi connectivity index (χ0v) is 16.0. The monoisotopic (exact) mass is 439 g/mol. The van der Waals surface area contributed by atoms with Gasteiger partial charge in [-0.05, 0) is 41.1 Å². The van der Waals surface area contributed by atoms with Gasteiger partial charge in [0.2, 0.25) is 0 Å². The largest absolute Gasteiger partial charge is 0.288 e. The Morgan fingerprint density at radius 3 is 2.56 bits per heavy atom. The van der Waals surface area contributed by atoms with Crippen LogP contribution in [-0.4, -0.2) is 28.1 Å². The number of carbonyl (C=O) groups excluding carboxylic acids is 1. The first-order valence-corrected chi connectivity index (χ1v) is 9.62. The van der Waals surface area contributed by atoms with Crippen molar-refractivity contribution in [1.82, 2.24) is 13.9 Å². The molecule has 1 aromatic carbocycles. The SMILES string of the molecule is Cc1ccc(S(=O)(=O)n2cc(C(=O)c3cncnc3Cl)cc2Br)cc1. The molecule has 0 atom stereocenters. The lowest BCUT2D eigenvalue weighted by Gasteiger charge is -2.07. The summed E-state index contributed by atoms with van der Waals surface area (Å²) < 4.78 is 26.8. The van der Waals surface area contributed by atoms with E-state index in [2.05, 4.69) is 25.9 Å². The summed E-state index contributed by atoms with van der Waals surface area (Å²) in [6.45, 7) is 1.87. The minimum Gasteiger partial charge on any atom is -0.288 e. The molecule has 3 rings (SSSR count). The molecule has 0 saturated carbocycles. The van der Waals surface area contributed by atoms with Gasteiger partial charge in [0.1, 0.15) is 16.1 Å². The molecule has 0 radical (unpaired) electrons. The van der Waals surface area contributed by atoms with Crippen molar-refractivity contribution in [3.05, 3.63) is 75.5 Å². The molecule has 0 aliphatic heterocycles. The second-order valence-electron chi connectivity index (χ2n) is 5.22. The highest BCUT2D eigenvalue weighted by molar-refractivity contribution is 9.10. The lowest BCUT2D eigenvalue weighted by Crippen LogP contribution is -2.12. The van der Waals surface area contributed by atoms with Gasteiger partial charge in [-0.3, -0.25) is 4.79 Å². The van der Waals surface area contributed by atoms with Gasteiger partial charge in [-0.15, -0.1) is 0 Å². The molecule has 0 aliphatic rings. The molecule has 128 valence electrons. The average Bonchev–Trinajstić information content (AvgIpc) is 2.98. The fourth-order valence-electron chi connectivity index (χ4n) is 2.17. The van der Waals surface area contributed by atoms with Crippen molar-refractivity contribution in [3.63, 3.8) is 0 Å². The quantitative estimate of drug-likeness (QED) is 0.458. The minimum atomic E-state index is -3.84. The lowest BCUT2D eigenvalue weighted by molar-refractivity contribution is 0.103. The Morgan fingerprint density at radius 2 is 1.92 bits per heavy atom. The van der Waals surface area contributed by atoms with Crippen molar-refractivity contribution >= 4 is 43.3 Å². The standard InChI is InChI=1S/C16H11BrClN3O3S/c1-10-2-4-12(5-3-10)25(23,24)21-8-11(6-14(21)17)15(22)13-7-19-9-20-16(13)18/h2-9H,1H3. The molecule has 25 heavy (non-hydrogen) atoms. The van der Waals surface area contributed by atoms with Crippen molar-refractivity contribution in [2.45, 2.75) is 11.8 Å². The number of carbonyl (C=O) groups is 1. The first-order chi connectivity index (χ1) is 11.8. The lowest BCUT2D eigenvalue weighted by atomic mass is 10.1. The average molecular weight is 441 g/mol. The highest BCUT2D eigenvalue weighted by Crippen LogP contribution is 2.25. The fraction of sp³-hybridized carbons (Fsp3) is 0.0625. The van der Waals surface area contributed by atoms with Gasteiger partial charge >= 0.3 is 0 Å². The van der Waals surface area contributed by atoms with Crippen LogP contribution in [0.25, 0.3) is 0 Å². The molecule has 2 aromatic heterocycles. The van der Waals surface area contributed by atoms with Gasteiger partial charge in [-0.2, -0.15) is 0 Å². The molecule has 0 spiro atoms. The second kappa shape index (κ2) is 6.70. The summed E-state index contributed by atoms with van der Waals surface area (Å²) in [5.74, 6) is -0.468. The van der Waals surface area contributed by atoms with Crippen molar-refractivity contribution in [2.24, 2.45) is 0 Å². The molecule has 9 heteroatoms. The highest BCUT2D eigenvalue weighted by Gasteiger charge is 2.23. The Kier molecular flexibility index (Phi) is 4.77. The van der Waals surface area contributed by atoms with E-state index in [1.165, 1.54) is 36.9 Å². The number of aryl methyl sites for hydroxylation is 1. The van der Waals surface area contributed by atoms with E-state index in [1.54, 1.807) is 12.1 Å². The normalized spacial score (nSPS) is 11.5. The maximum Gasteiger partial charge on any atom is 0.268 e. The van der Waals surface area contributed by atoms with E-state index in [-0.39, 0.29) is 25.8 Å². The highest BCUT2D eigenvalue weighted by atomic mass is 79.9. The molecule has 0 aliphatic carbocycles. The van der Waals surface area contributed by atoms with E-state index in [0.29, 0.717) is 0 Å². The zero-order valence-electron chi connectivity index (χ0n) is 12.8. The van der Waals surface area contributed by atoms with E-state index >= 15 is 0 Å². The predicted octanol–water partition coefficient (Wildman–Crippen LogP) is 3.47. The van der Waals surface area contributed by atoms with E-state index in [1.807, 2.05) is 6.92 Å². The zero-order chi connectivity index (χ0) is 18.2. The molecule has 2 heterocycles. The number of ketones is 1. The number of benzene rings is 1. The van der Waals surface area contributed by atoms with Crippen LogP contribution < -0.4 is 0 Å². The van der Waals surface area contributed by atoms with Crippen molar-refractivity contribution < 1.29 is 13.2 Å². The van der Waals surface area contributed by atoms with Crippen LogP contribution in [0.4, 0.5) is 0 Å². The molecule has 0 unspecified atom stereocenters. The minimum absolute atomic E-state index is 0.00487. The maximum atomic E-state index is 12.8. The first kappa shape index (κ1) is 17.8. The first-order valence-electron chi connectivity index (χ1n) is 7.01. The van der Waals surface area contributed by atoms with Gasteiger partial charge in [0.15, 0.2) is 5.78 Å². The van der Waals surface area contributed by atoms with Gasteiger partial charge in [0.05, 0.1) is 10.5 Å². The van der Waals surface area contributed by atoms with Crippen molar-refractivity contribution in [2.75, 3.05) is 0 Å². The Morgan fingerprint density at radius 1 is 1.24 bits per heavy atom. The van der Waals surface area contributed by atoms with E-state index < -0.39 is 15.8 Å². The number of rotatable bonds is 4. The second-order valence-corrected chi connectivity index (χ2v) is 8.21. The molecule has 6 nitrogen and oxygen atoms in total. The van der Waals surface area contributed by atoms with Crippen molar-refractivity contribution in [3.8, 4) is 0 Å². The number of hydrogen-bond acceptors (Lipinski definition) is 5. The molecule has 0 N–H and O–H groups in total. The molecule has 0 fully saturated rings. The molecule has 0 bridgehead atoms. The summed E-state index contributed by atoms with van der Waals surface area (Å²) in [4.78, 5) is 20.2. The number of aromatic nitrogens is 3. The smallest absolute Gasteiger partial charge is 0.268 e. The fourth-order valence-corrected chi connectivity index (χ4v) is 4.51. The third-order valence-electron chi connectivity index (χ3n) is 3.49. The van der Waals surface area contributed by atoms with Crippen LogP contribution in [0.15, 0.2) is 58.6 Å². The third-order valence-corrected chi connectivity index (χ3v) is 6.32. The van der Waals surface area contributed by atoms with Gasteiger partial charge in [0, 0.05) is 18.0 Å². The predicted molar refractivity (Wildman–Crippen MR) is 96.4 cm³/mol. The van der Waals surface area contributed by atoms with Gasteiger partial charge in [-0.1, -0.05) is 29.3 Å². The summed E-state index contributed by atoms with van der Waals surface area (Å²) in [7, 11) is -3.84. The van der Waals surface area contributed by atoms with Gasteiger partial charge in [-0.25, -0.2) is 22.4 Å². The Balaban J connectivity index is 2.05. The molecule has 3 aromatic rings. The summed E-state index contributed by atoms with van der Waals surface area (Å²) in [6, 6.07) is 7.85. The summed E-state index contributed by atoms with van der Waals surface area (Å²) in [5.41, 5.74) is 1.20. The van der Waals surface area contributed by atoms with E-state index in [9.17, 15) is 13.2 Å². The van der Waals surface area contributed by atoms with Crippen LogP contribution in [-0.2, 0) is 10.0 Å². The van der Waals surface area contributed by atoms with Crippen LogP contribution in [0.3, 0.4) is 0 Å². The van der Waals surface area contributed by atoms with E-state index in [4.69, 9.17) is 11.6 Å². The summed E-state index contributed by atoms with van der Waals surface area (Å²) in [6.07, 6.45) is 3.75. The molecular formula is C16H11BrClN3O3S.